The molecule has 3 aromatic rings. The molecule has 0 radical (unpaired) electrons. The molecule has 0 amide bonds. The number of fused-ring (bicyclic) bond motifs is 1. The van der Waals surface area contributed by atoms with Gasteiger partial charge in [-0.3, -0.25) is 9.36 Å². The molecule has 0 aromatic carbocycles. The molecule has 3 aromatic heterocycles. The molecule has 7 heteroatoms. The van der Waals surface area contributed by atoms with E-state index >= 15 is 0 Å². The fourth-order valence-electron chi connectivity index (χ4n) is 2.65. The second-order valence-corrected chi connectivity index (χ2v) is 4.99. The van der Waals surface area contributed by atoms with Crippen LogP contribution in [0.1, 0.15) is 23.0 Å². The third kappa shape index (κ3) is 2.05. The summed E-state index contributed by atoms with van der Waals surface area (Å²) < 4.78 is 8.42. The van der Waals surface area contributed by atoms with Crippen LogP contribution in [0.4, 0.5) is 0 Å². The number of nitrogens with zero attached hydrogens (tertiary/aromatic N) is 5. The van der Waals surface area contributed by atoms with Gasteiger partial charge in [0.05, 0.1) is 35.1 Å². The summed E-state index contributed by atoms with van der Waals surface area (Å²) in [6, 6.07) is 3.62. The molecule has 22 heavy (non-hydrogen) atoms. The van der Waals surface area contributed by atoms with Crippen LogP contribution in [0, 0.1) is 6.92 Å². The molecule has 0 N–H and O–H groups in total. The largest absolute Gasteiger partial charge is 0.465 e. The van der Waals surface area contributed by atoms with Crippen molar-refractivity contribution in [1.82, 2.24) is 24.5 Å². The maximum Gasteiger partial charge on any atom is 0.338 e. The van der Waals surface area contributed by atoms with Crippen LogP contribution in [0.5, 0.6) is 0 Å². The van der Waals surface area contributed by atoms with Crippen LogP contribution in [0.15, 0.2) is 18.3 Å². The van der Waals surface area contributed by atoms with Crippen molar-refractivity contribution in [3.63, 3.8) is 0 Å². The molecule has 0 atom stereocenters. The molecule has 3 heterocycles. The first kappa shape index (κ1) is 14.2. The molecule has 0 aliphatic rings. The molecule has 0 saturated heterocycles. The molecule has 0 aliphatic heterocycles. The summed E-state index contributed by atoms with van der Waals surface area (Å²) in [6.45, 7) is 4.58. The molecule has 0 spiro atoms. The van der Waals surface area contributed by atoms with E-state index in [4.69, 9.17) is 4.74 Å². The minimum atomic E-state index is -0.396. The highest BCUT2D eigenvalue weighted by Gasteiger charge is 2.20. The number of esters is 1. The summed E-state index contributed by atoms with van der Waals surface area (Å²) in [6.07, 6.45) is 1.72. The predicted molar refractivity (Wildman–Crippen MR) is 81.5 cm³/mol. The second-order valence-electron chi connectivity index (χ2n) is 4.99. The zero-order valence-corrected chi connectivity index (χ0v) is 13.0. The van der Waals surface area contributed by atoms with Gasteiger partial charge in [0.2, 0.25) is 0 Å². The molecule has 0 aliphatic carbocycles. The van der Waals surface area contributed by atoms with Crippen molar-refractivity contribution in [2.45, 2.75) is 20.4 Å². The van der Waals surface area contributed by atoms with Crippen molar-refractivity contribution < 1.29 is 9.53 Å². The highest BCUT2D eigenvalue weighted by Crippen LogP contribution is 2.27. The standard InChI is InChI=1S/C15H17N5O2/c1-5-20-12(6-7-16-20)11-8-10(15(21)22-4)13-9(2)18-19(3)14(13)17-11/h6-8H,5H2,1-4H3. The minimum absolute atomic E-state index is 0.396. The number of carbonyl (C=O) groups excluding carboxylic acids is 1. The molecule has 7 nitrogen and oxygen atoms in total. The number of carbonyl (C=O) groups is 1. The smallest absolute Gasteiger partial charge is 0.338 e. The zero-order valence-electron chi connectivity index (χ0n) is 13.0. The maximum atomic E-state index is 12.2. The summed E-state index contributed by atoms with van der Waals surface area (Å²) in [7, 11) is 3.18. The van der Waals surface area contributed by atoms with E-state index in [1.54, 1.807) is 16.9 Å². The topological polar surface area (TPSA) is 74.8 Å². The fraction of sp³-hybridized carbons (Fsp3) is 0.333. The Labute approximate surface area is 127 Å². The van der Waals surface area contributed by atoms with E-state index < -0.39 is 5.97 Å². The number of pyridine rings is 1. The normalized spacial score (nSPS) is 11.1. The van der Waals surface area contributed by atoms with Crippen molar-refractivity contribution in [2.75, 3.05) is 7.11 Å². The highest BCUT2D eigenvalue weighted by molar-refractivity contribution is 6.04. The van der Waals surface area contributed by atoms with Gasteiger partial charge in [-0.15, -0.1) is 0 Å². The van der Waals surface area contributed by atoms with Gasteiger partial charge in [-0.05, 0) is 26.0 Å². The summed E-state index contributed by atoms with van der Waals surface area (Å²) in [5.41, 5.74) is 3.40. The zero-order chi connectivity index (χ0) is 15.9. The summed E-state index contributed by atoms with van der Waals surface area (Å²) in [5.74, 6) is -0.396. The van der Waals surface area contributed by atoms with Crippen LogP contribution in [-0.4, -0.2) is 37.6 Å². The van der Waals surface area contributed by atoms with Gasteiger partial charge in [0, 0.05) is 19.8 Å². The Bertz CT molecular complexity index is 862. The average molecular weight is 299 g/mol. The van der Waals surface area contributed by atoms with Crippen molar-refractivity contribution >= 4 is 17.0 Å². The Balaban J connectivity index is 2.34. The molecule has 0 bridgehead atoms. The molecular formula is C15H17N5O2. The maximum absolute atomic E-state index is 12.2. The summed E-state index contributed by atoms with van der Waals surface area (Å²) >= 11 is 0. The van der Waals surface area contributed by atoms with Crippen molar-refractivity contribution in [3.8, 4) is 11.4 Å². The van der Waals surface area contributed by atoms with Gasteiger partial charge < -0.3 is 4.74 Å². The van der Waals surface area contributed by atoms with Crippen LogP contribution in [0.25, 0.3) is 22.4 Å². The molecular weight excluding hydrogens is 282 g/mol. The number of rotatable bonds is 3. The Morgan fingerprint density at radius 3 is 2.86 bits per heavy atom. The van der Waals surface area contributed by atoms with Crippen molar-refractivity contribution in [2.24, 2.45) is 7.05 Å². The van der Waals surface area contributed by atoms with E-state index in [1.807, 2.05) is 31.6 Å². The van der Waals surface area contributed by atoms with Gasteiger partial charge in [-0.2, -0.15) is 10.2 Å². The number of methoxy groups -OCH3 is 1. The lowest BCUT2D eigenvalue weighted by atomic mass is 10.1. The van der Waals surface area contributed by atoms with E-state index in [0.717, 1.165) is 23.3 Å². The van der Waals surface area contributed by atoms with E-state index in [9.17, 15) is 4.79 Å². The van der Waals surface area contributed by atoms with Crippen molar-refractivity contribution in [3.05, 3.63) is 29.6 Å². The average Bonchev–Trinajstić information content (AvgIpc) is 3.10. The Kier molecular flexibility index (Phi) is 3.40. The number of ether oxygens (including phenoxy) is 1. The lowest BCUT2D eigenvalue weighted by Crippen LogP contribution is -2.06. The van der Waals surface area contributed by atoms with Gasteiger partial charge >= 0.3 is 5.97 Å². The van der Waals surface area contributed by atoms with Gasteiger partial charge in [0.15, 0.2) is 5.65 Å². The van der Waals surface area contributed by atoms with Gasteiger partial charge in [-0.25, -0.2) is 9.78 Å². The molecule has 0 fully saturated rings. The van der Waals surface area contributed by atoms with Crippen LogP contribution >= 0.6 is 0 Å². The fourth-order valence-corrected chi connectivity index (χ4v) is 2.65. The molecule has 114 valence electrons. The van der Waals surface area contributed by atoms with E-state index in [0.29, 0.717) is 16.9 Å². The first-order chi connectivity index (χ1) is 10.6. The summed E-state index contributed by atoms with van der Waals surface area (Å²) in [4.78, 5) is 16.8. The third-order valence-electron chi connectivity index (χ3n) is 3.65. The number of aryl methyl sites for hydroxylation is 3. The monoisotopic (exact) mass is 299 g/mol. The lowest BCUT2D eigenvalue weighted by Gasteiger charge is -2.08. The quantitative estimate of drug-likeness (QED) is 0.691. The molecule has 0 saturated carbocycles. The van der Waals surface area contributed by atoms with Crippen LogP contribution in [-0.2, 0) is 18.3 Å². The van der Waals surface area contributed by atoms with E-state index in [2.05, 4.69) is 15.2 Å². The Morgan fingerprint density at radius 1 is 1.41 bits per heavy atom. The highest BCUT2D eigenvalue weighted by atomic mass is 16.5. The Morgan fingerprint density at radius 2 is 2.18 bits per heavy atom. The predicted octanol–water partition coefficient (Wildman–Crippen LogP) is 1.95. The number of hydrogen-bond acceptors (Lipinski definition) is 5. The van der Waals surface area contributed by atoms with Gasteiger partial charge in [-0.1, -0.05) is 0 Å². The van der Waals surface area contributed by atoms with Crippen LogP contribution in [0.2, 0.25) is 0 Å². The summed E-state index contributed by atoms with van der Waals surface area (Å²) in [5, 5.41) is 9.33. The number of aromatic nitrogens is 5. The Hall–Kier alpha value is -2.70. The first-order valence-corrected chi connectivity index (χ1v) is 7.01. The van der Waals surface area contributed by atoms with Gasteiger partial charge in [0.1, 0.15) is 0 Å². The van der Waals surface area contributed by atoms with Crippen LogP contribution in [0.3, 0.4) is 0 Å². The second kappa shape index (κ2) is 5.25. The minimum Gasteiger partial charge on any atom is -0.465 e. The number of hydrogen-bond donors (Lipinski definition) is 0. The molecule has 3 rings (SSSR count). The molecule has 0 unspecified atom stereocenters. The van der Waals surface area contributed by atoms with Gasteiger partial charge in [0.25, 0.3) is 0 Å². The van der Waals surface area contributed by atoms with E-state index in [1.165, 1.54) is 7.11 Å². The van der Waals surface area contributed by atoms with E-state index in [-0.39, 0.29) is 0 Å². The first-order valence-electron chi connectivity index (χ1n) is 7.01. The third-order valence-corrected chi connectivity index (χ3v) is 3.65. The van der Waals surface area contributed by atoms with Crippen LogP contribution < -0.4 is 0 Å². The lowest BCUT2D eigenvalue weighted by molar-refractivity contribution is 0.0603. The van der Waals surface area contributed by atoms with Crippen molar-refractivity contribution in [1.29, 1.82) is 0 Å². The SMILES string of the molecule is CCn1nccc1-c1cc(C(=O)OC)c2c(C)nn(C)c2n1.